The van der Waals surface area contributed by atoms with Crippen molar-refractivity contribution in [3.8, 4) is 29.8 Å². The first-order chi connectivity index (χ1) is 16.1. The van der Waals surface area contributed by atoms with Crippen molar-refractivity contribution < 1.29 is 8.78 Å². The first-order valence-electron chi connectivity index (χ1n) is 10.6. The molecule has 4 aromatic carbocycles. The summed E-state index contributed by atoms with van der Waals surface area (Å²) in [4.78, 5) is 0. The Labute approximate surface area is 192 Å². The predicted octanol–water partition coefficient (Wildman–Crippen LogP) is 6.74. The molecule has 158 valence electrons. The lowest BCUT2D eigenvalue weighted by atomic mass is 10.0. The molecule has 0 radical (unpaired) electrons. The molecule has 0 fully saturated rings. The van der Waals surface area contributed by atoms with Gasteiger partial charge >= 0.3 is 0 Å². The van der Waals surface area contributed by atoms with Gasteiger partial charge in [0.1, 0.15) is 17.7 Å². The van der Waals surface area contributed by atoms with Gasteiger partial charge in [-0.3, -0.25) is 0 Å². The van der Waals surface area contributed by atoms with E-state index in [1.54, 1.807) is 30.3 Å². The fourth-order valence-electron chi connectivity index (χ4n) is 3.48. The zero-order valence-electron chi connectivity index (χ0n) is 18.0. The SMILES string of the molecule is CCCc1ccc(C#Cc2ccc3c(F)c(C#Cc4ccc(C#N)c(F)c4)ccc3c2)cc1. The van der Waals surface area contributed by atoms with Crippen LogP contribution in [0.1, 0.15) is 46.7 Å². The van der Waals surface area contributed by atoms with E-state index < -0.39 is 11.6 Å². The quantitative estimate of drug-likeness (QED) is 0.322. The number of benzene rings is 4. The van der Waals surface area contributed by atoms with Gasteiger partial charge in [0, 0.05) is 22.1 Å². The summed E-state index contributed by atoms with van der Waals surface area (Å²) in [6.45, 7) is 2.16. The summed E-state index contributed by atoms with van der Waals surface area (Å²) < 4.78 is 28.7. The smallest absolute Gasteiger partial charge is 0.146 e. The van der Waals surface area contributed by atoms with E-state index in [1.807, 2.05) is 18.2 Å². The monoisotopic (exact) mass is 431 g/mol. The first kappa shape index (κ1) is 21.8. The molecule has 0 atom stereocenters. The van der Waals surface area contributed by atoms with Gasteiger partial charge < -0.3 is 0 Å². The van der Waals surface area contributed by atoms with Crippen LogP contribution in [0.4, 0.5) is 8.78 Å². The van der Waals surface area contributed by atoms with Gasteiger partial charge in [0.25, 0.3) is 0 Å². The molecule has 33 heavy (non-hydrogen) atoms. The van der Waals surface area contributed by atoms with Crippen molar-refractivity contribution in [1.29, 1.82) is 5.26 Å². The molecule has 4 rings (SSSR count). The largest absolute Gasteiger partial charge is 0.206 e. The fraction of sp³-hybridized carbons (Fsp3) is 0.100. The molecule has 0 N–H and O–H groups in total. The summed E-state index contributed by atoms with van der Waals surface area (Å²) in [6, 6.07) is 22.8. The molecule has 0 aliphatic rings. The molecule has 0 unspecified atom stereocenters. The third-order valence-corrected chi connectivity index (χ3v) is 5.23. The van der Waals surface area contributed by atoms with Crippen molar-refractivity contribution in [1.82, 2.24) is 0 Å². The summed E-state index contributed by atoms with van der Waals surface area (Å²) in [7, 11) is 0. The number of hydrogen-bond donors (Lipinski definition) is 0. The molecule has 0 aliphatic heterocycles. The average molecular weight is 431 g/mol. The minimum Gasteiger partial charge on any atom is -0.206 e. The lowest BCUT2D eigenvalue weighted by molar-refractivity contribution is 0.623. The maximum atomic E-state index is 15.0. The van der Waals surface area contributed by atoms with Gasteiger partial charge in [-0.2, -0.15) is 5.26 Å². The molecule has 4 aromatic rings. The summed E-state index contributed by atoms with van der Waals surface area (Å²) in [5, 5.41) is 9.99. The van der Waals surface area contributed by atoms with Crippen molar-refractivity contribution in [2.24, 2.45) is 0 Å². The van der Waals surface area contributed by atoms with Crippen LogP contribution >= 0.6 is 0 Å². The second-order valence-electron chi connectivity index (χ2n) is 7.62. The summed E-state index contributed by atoms with van der Waals surface area (Å²) >= 11 is 0. The zero-order valence-corrected chi connectivity index (χ0v) is 18.0. The highest BCUT2D eigenvalue weighted by atomic mass is 19.1. The highest BCUT2D eigenvalue weighted by Crippen LogP contribution is 2.22. The molecule has 0 heterocycles. The fourth-order valence-corrected chi connectivity index (χ4v) is 3.48. The number of rotatable bonds is 2. The van der Waals surface area contributed by atoms with E-state index in [4.69, 9.17) is 5.26 Å². The Balaban J connectivity index is 1.59. The lowest BCUT2D eigenvalue weighted by Crippen LogP contribution is -1.89. The number of fused-ring (bicyclic) bond motifs is 1. The third kappa shape index (κ3) is 5.10. The summed E-state index contributed by atoms with van der Waals surface area (Å²) in [6.07, 6.45) is 2.17. The Hall–Kier alpha value is -4.39. The van der Waals surface area contributed by atoms with Crippen molar-refractivity contribution in [2.45, 2.75) is 19.8 Å². The van der Waals surface area contributed by atoms with Gasteiger partial charge in [-0.25, -0.2) is 8.78 Å². The highest BCUT2D eigenvalue weighted by molar-refractivity contribution is 5.86. The number of hydrogen-bond acceptors (Lipinski definition) is 1. The lowest BCUT2D eigenvalue weighted by Gasteiger charge is -2.03. The van der Waals surface area contributed by atoms with E-state index >= 15 is 0 Å². The Morgan fingerprint density at radius 2 is 1.33 bits per heavy atom. The second kappa shape index (κ2) is 9.82. The molecule has 1 nitrogen and oxygen atoms in total. The van der Waals surface area contributed by atoms with Crippen molar-refractivity contribution >= 4 is 10.8 Å². The molecular weight excluding hydrogens is 412 g/mol. The van der Waals surface area contributed by atoms with Crippen LogP contribution in [0, 0.1) is 46.6 Å². The average Bonchev–Trinajstić information content (AvgIpc) is 2.83. The Morgan fingerprint density at radius 3 is 2.06 bits per heavy atom. The van der Waals surface area contributed by atoms with E-state index in [-0.39, 0.29) is 11.1 Å². The molecule has 0 amide bonds. The number of halogens is 2. The summed E-state index contributed by atoms with van der Waals surface area (Å²) in [5.41, 5.74) is 3.58. The third-order valence-electron chi connectivity index (χ3n) is 5.23. The number of nitrogens with zero attached hydrogens (tertiary/aromatic N) is 1. The van der Waals surface area contributed by atoms with Crippen LogP contribution in [-0.4, -0.2) is 0 Å². The van der Waals surface area contributed by atoms with Gasteiger partial charge in [0.05, 0.1) is 11.1 Å². The highest BCUT2D eigenvalue weighted by Gasteiger charge is 2.06. The maximum absolute atomic E-state index is 15.0. The molecule has 0 spiro atoms. The molecule has 0 aliphatic carbocycles. The summed E-state index contributed by atoms with van der Waals surface area (Å²) in [5.74, 6) is 10.7. The first-order valence-corrected chi connectivity index (χ1v) is 10.6. The predicted molar refractivity (Wildman–Crippen MR) is 127 cm³/mol. The van der Waals surface area contributed by atoms with Gasteiger partial charge in [0.2, 0.25) is 0 Å². The van der Waals surface area contributed by atoms with Crippen molar-refractivity contribution in [3.63, 3.8) is 0 Å². The van der Waals surface area contributed by atoms with Crippen molar-refractivity contribution in [2.75, 3.05) is 0 Å². The number of aryl methyl sites for hydroxylation is 1. The Morgan fingerprint density at radius 1 is 0.697 bits per heavy atom. The zero-order chi connectivity index (χ0) is 23.2. The van der Waals surface area contributed by atoms with Crippen LogP contribution in [0.3, 0.4) is 0 Å². The molecule has 0 aromatic heterocycles. The Bertz CT molecular complexity index is 1500. The van der Waals surface area contributed by atoms with E-state index in [2.05, 4.69) is 42.7 Å². The molecule has 0 saturated heterocycles. The second-order valence-corrected chi connectivity index (χ2v) is 7.62. The van der Waals surface area contributed by atoms with E-state index in [0.717, 1.165) is 29.4 Å². The van der Waals surface area contributed by atoms with Crippen LogP contribution in [0.15, 0.2) is 72.8 Å². The van der Waals surface area contributed by atoms with Crippen LogP contribution in [0.25, 0.3) is 10.8 Å². The molecule has 0 saturated carbocycles. The molecule has 3 heteroatoms. The minimum atomic E-state index is -0.645. The van der Waals surface area contributed by atoms with E-state index in [1.165, 1.54) is 23.8 Å². The maximum Gasteiger partial charge on any atom is 0.146 e. The Kier molecular flexibility index (Phi) is 6.50. The van der Waals surface area contributed by atoms with Crippen LogP contribution in [0.5, 0.6) is 0 Å². The minimum absolute atomic E-state index is 0.0511. The molecule has 0 bridgehead atoms. The van der Waals surface area contributed by atoms with E-state index in [9.17, 15) is 8.78 Å². The van der Waals surface area contributed by atoms with Gasteiger partial charge in [-0.05, 0) is 65.9 Å². The standard InChI is InChI=1S/C30H19F2N/c1-2-3-21-4-6-22(7-5-21)8-9-23-12-17-28-26(18-23)16-15-25(30(28)32)13-10-24-11-14-27(20-33)29(31)19-24/h4-7,11-12,14-19H,2-3H2,1H3. The van der Waals surface area contributed by atoms with Crippen LogP contribution in [-0.2, 0) is 6.42 Å². The van der Waals surface area contributed by atoms with Gasteiger partial charge in [0.15, 0.2) is 0 Å². The van der Waals surface area contributed by atoms with Crippen molar-refractivity contribution in [3.05, 3.63) is 118 Å². The topological polar surface area (TPSA) is 23.8 Å². The van der Waals surface area contributed by atoms with Crippen LogP contribution in [0.2, 0.25) is 0 Å². The van der Waals surface area contributed by atoms with Gasteiger partial charge in [-0.1, -0.05) is 61.3 Å². The van der Waals surface area contributed by atoms with Crippen LogP contribution < -0.4 is 0 Å². The molecular formula is C30H19F2N. The number of nitriles is 1. The van der Waals surface area contributed by atoms with Gasteiger partial charge in [-0.15, -0.1) is 0 Å². The normalized spacial score (nSPS) is 10.0. The van der Waals surface area contributed by atoms with E-state index in [0.29, 0.717) is 10.9 Å².